The number of nitrogens with zero attached hydrogens (tertiary/aromatic N) is 1. The molecule has 0 radical (unpaired) electrons. The van der Waals surface area contributed by atoms with Gasteiger partial charge >= 0.3 is 0 Å². The minimum Gasteiger partial charge on any atom is -0.397 e. The maximum atomic E-state index is 7.57. The summed E-state index contributed by atoms with van der Waals surface area (Å²) in [6.45, 7) is 6.46. The van der Waals surface area contributed by atoms with Crippen LogP contribution in [-0.4, -0.2) is 37.3 Å². The molecule has 9 heavy (non-hydrogen) atoms. The van der Waals surface area contributed by atoms with E-state index >= 15 is 0 Å². The third-order valence-electron chi connectivity index (χ3n) is 0.494. The fourth-order valence-corrected chi connectivity index (χ4v) is 0.258. The average molecular weight is 131 g/mol. The lowest BCUT2D eigenvalue weighted by Gasteiger charge is -2.01. The van der Waals surface area contributed by atoms with Crippen molar-refractivity contribution in [2.75, 3.05) is 27.2 Å². The summed E-state index contributed by atoms with van der Waals surface area (Å²) in [5.41, 5.74) is 0. The van der Waals surface area contributed by atoms with Gasteiger partial charge in [0.1, 0.15) is 0 Å². The Bertz CT molecular complexity index is 52.9. The minimum absolute atomic E-state index is 0.250. The van der Waals surface area contributed by atoms with Crippen LogP contribution in [0.25, 0.3) is 0 Å². The van der Waals surface area contributed by atoms with Crippen LogP contribution in [-0.2, 0) is 0 Å². The summed E-state index contributed by atoms with van der Waals surface area (Å²) < 4.78 is 0. The lowest BCUT2D eigenvalue weighted by atomic mass is 10.6. The third-order valence-corrected chi connectivity index (χ3v) is 0.494. The Balaban J connectivity index is 0. The highest BCUT2D eigenvalue weighted by Crippen LogP contribution is 1.69. The first-order valence-corrected chi connectivity index (χ1v) is 3.05. The van der Waals surface area contributed by atoms with Crippen molar-refractivity contribution in [2.45, 2.75) is 6.92 Å². The molecule has 0 aromatic heterocycles. The molecule has 0 aliphatic carbocycles. The van der Waals surface area contributed by atoms with Crippen molar-refractivity contribution >= 4 is 0 Å². The van der Waals surface area contributed by atoms with E-state index in [0.29, 0.717) is 0 Å². The maximum absolute atomic E-state index is 7.57. The molecule has 0 aliphatic heterocycles. The summed E-state index contributed by atoms with van der Waals surface area (Å²) in [7, 11) is 4.03. The second-order valence-corrected chi connectivity index (χ2v) is 1.87. The van der Waals surface area contributed by atoms with Gasteiger partial charge in [-0.25, -0.2) is 0 Å². The van der Waals surface area contributed by atoms with Gasteiger partial charge in [0.2, 0.25) is 0 Å². The molecule has 0 bridgehead atoms. The van der Waals surface area contributed by atoms with Crippen molar-refractivity contribution in [2.24, 2.45) is 0 Å². The lowest BCUT2D eigenvalue weighted by Crippen LogP contribution is -2.09. The molecule has 0 saturated heterocycles. The summed E-state index contributed by atoms with van der Waals surface area (Å²) in [5.74, 6) is 0. The smallest absolute Gasteiger partial charge is 0.0402 e. The molecule has 2 heteroatoms. The SMILES string of the molecule is C=CCN(C)C.CCO. The Morgan fingerprint density at radius 2 is 1.89 bits per heavy atom. The van der Waals surface area contributed by atoms with Crippen LogP contribution in [0.1, 0.15) is 6.92 Å². The quantitative estimate of drug-likeness (QED) is 0.558. The first kappa shape index (κ1) is 11.5. The van der Waals surface area contributed by atoms with Gasteiger partial charge in [0, 0.05) is 13.2 Å². The Kier molecular flexibility index (Phi) is 13.5. The van der Waals surface area contributed by atoms with Crippen LogP contribution in [0.2, 0.25) is 0 Å². The molecular weight excluding hydrogens is 114 g/mol. The normalized spacial score (nSPS) is 8.11. The van der Waals surface area contributed by atoms with Gasteiger partial charge in [-0.15, -0.1) is 6.58 Å². The van der Waals surface area contributed by atoms with Crippen molar-refractivity contribution < 1.29 is 5.11 Å². The molecule has 0 unspecified atom stereocenters. The monoisotopic (exact) mass is 131 g/mol. The lowest BCUT2D eigenvalue weighted by molar-refractivity contribution is 0.318. The number of aliphatic hydroxyl groups is 1. The van der Waals surface area contributed by atoms with Gasteiger partial charge in [0.25, 0.3) is 0 Å². The Morgan fingerprint density at radius 1 is 1.56 bits per heavy atom. The fourth-order valence-electron chi connectivity index (χ4n) is 0.258. The van der Waals surface area contributed by atoms with Crippen molar-refractivity contribution in [1.29, 1.82) is 0 Å². The molecule has 56 valence electrons. The number of aliphatic hydroxyl groups excluding tert-OH is 1. The Morgan fingerprint density at radius 3 is 1.89 bits per heavy atom. The zero-order chi connectivity index (χ0) is 7.70. The zero-order valence-electron chi connectivity index (χ0n) is 6.59. The highest BCUT2D eigenvalue weighted by Gasteiger charge is 1.75. The molecule has 0 saturated carbocycles. The predicted molar refractivity (Wildman–Crippen MR) is 41.5 cm³/mol. The molecule has 0 aromatic rings. The molecular formula is C7H17NO. The van der Waals surface area contributed by atoms with E-state index in [2.05, 4.69) is 11.5 Å². The molecule has 1 N–H and O–H groups in total. The van der Waals surface area contributed by atoms with Crippen molar-refractivity contribution in [3.63, 3.8) is 0 Å². The second-order valence-electron chi connectivity index (χ2n) is 1.87. The fraction of sp³-hybridized carbons (Fsp3) is 0.714. The molecule has 0 amide bonds. The van der Waals surface area contributed by atoms with Crippen LogP contribution in [0.5, 0.6) is 0 Å². The summed E-state index contributed by atoms with van der Waals surface area (Å²) in [6, 6.07) is 0. The highest BCUT2D eigenvalue weighted by molar-refractivity contribution is 4.68. The van der Waals surface area contributed by atoms with Gasteiger partial charge in [-0.3, -0.25) is 0 Å². The van der Waals surface area contributed by atoms with E-state index in [0.717, 1.165) is 6.54 Å². The van der Waals surface area contributed by atoms with Crippen LogP contribution in [0.3, 0.4) is 0 Å². The standard InChI is InChI=1S/C5H11N.C2H6O/c1-4-5-6(2)3;1-2-3/h4H,1,5H2,2-3H3;3H,2H2,1H3. The van der Waals surface area contributed by atoms with E-state index in [-0.39, 0.29) is 6.61 Å². The average Bonchev–Trinajstić information content (AvgIpc) is 1.67. The molecule has 0 aliphatic rings. The first-order chi connectivity index (χ1) is 4.18. The van der Waals surface area contributed by atoms with Gasteiger partial charge in [0.15, 0.2) is 0 Å². The Hall–Kier alpha value is -0.340. The summed E-state index contributed by atoms with van der Waals surface area (Å²) in [5, 5.41) is 7.57. The molecule has 0 fully saturated rings. The van der Waals surface area contributed by atoms with E-state index in [1.165, 1.54) is 0 Å². The first-order valence-electron chi connectivity index (χ1n) is 3.05. The minimum atomic E-state index is 0.250. The van der Waals surface area contributed by atoms with Gasteiger partial charge < -0.3 is 10.0 Å². The van der Waals surface area contributed by atoms with Crippen LogP contribution < -0.4 is 0 Å². The molecule has 0 heterocycles. The molecule has 0 spiro atoms. The van der Waals surface area contributed by atoms with E-state index < -0.39 is 0 Å². The van der Waals surface area contributed by atoms with Gasteiger partial charge in [-0.1, -0.05) is 6.08 Å². The highest BCUT2D eigenvalue weighted by atomic mass is 16.2. The van der Waals surface area contributed by atoms with E-state index in [9.17, 15) is 0 Å². The van der Waals surface area contributed by atoms with Crippen LogP contribution >= 0.6 is 0 Å². The number of rotatable bonds is 2. The van der Waals surface area contributed by atoms with Crippen LogP contribution in [0, 0.1) is 0 Å². The van der Waals surface area contributed by atoms with Crippen LogP contribution in [0.15, 0.2) is 12.7 Å². The summed E-state index contributed by atoms with van der Waals surface area (Å²) in [4.78, 5) is 2.06. The van der Waals surface area contributed by atoms with E-state index in [1.807, 2.05) is 20.2 Å². The zero-order valence-corrected chi connectivity index (χ0v) is 6.59. The molecule has 0 rings (SSSR count). The van der Waals surface area contributed by atoms with Crippen molar-refractivity contribution in [1.82, 2.24) is 4.90 Å². The van der Waals surface area contributed by atoms with Crippen LogP contribution in [0.4, 0.5) is 0 Å². The van der Waals surface area contributed by atoms with Gasteiger partial charge in [-0.05, 0) is 21.0 Å². The maximum Gasteiger partial charge on any atom is 0.0402 e. The topological polar surface area (TPSA) is 23.5 Å². The molecule has 2 nitrogen and oxygen atoms in total. The number of likely N-dealkylation sites (N-methyl/N-ethyl adjacent to an activating group) is 1. The summed E-state index contributed by atoms with van der Waals surface area (Å²) in [6.07, 6.45) is 1.88. The second kappa shape index (κ2) is 10.6. The number of hydrogen-bond acceptors (Lipinski definition) is 2. The summed E-state index contributed by atoms with van der Waals surface area (Å²) >= 11 is 0. The van der Waals surface area contributed by atoms with E-state index in [4.69, 9.17) is 5.11 Å². The van der Waals surface area contributed by atoms with Gasteiger partial charge in [0.05, 0.1) is 0 Å². The predicted octanol–water partition coefficient (Wildman–Crippen LogP) is 0.733. The third kappa shape index (κ3) is 34.7. The Labute approximate surface area is 57.8 Å². The van der Waals surface area contributed by atoms with E-state index in [1.54, 1.807) is 6.92 Å². The largest absolute Gasteiger partial charge is 0.397 e. The molecule has 0 atom stereocenters. The van der Waals surface area contributed by atoms with Gasteiger partial charge in [-0.2, -0.15) is 0 Å². The number of hydrogen-bond donors (Lipinski definition) is 1. The van der Waals surface area contributed by atoms with Crippen molar-refractivity contribution in [3.8, 4) is 0 Å². The molecule has 0 aromatic carbocycles. The van der Waals surface area contributed by atoms with Crippen molar-refractivity contribution in [3.05, 3.63) is 12.7 Å².